The standard InChI is InChI=1S/C22H30O4S/c23-22(24)11-7-2-1-6-10-18-19(21-13-12-20(18)26-21)14-15-27(25)16-17-8-4-3-5-9-17/h1,3-6,8-9,18-21H,2,7,10-16H2,(H,23,24)/t18-,19-,20-,21+,27?/m1/s1. The summed E-state index contributed by atoms with van der Waals surface area (Å²) in [6, 6.07) is 10.1. The molecule has 0 spiro atoms. The van der Waals surface area contributed by atoms with Gasteiger partial charge in [-0.1, -0.05) is 42.5 Å². The summed E-state index contributed by atoms with van der Waals surface area (Å²) >= 11 is 0. The Morgan fingerprint density at radius 3 is 2.63 bits per heavy atom. The van der Waals surface area contributed by atoms with E-state index in [1.54, 1.807) is 0 Å². The van der Waals surface area contributed by atoms with Crippen LogP contribution in [0, 0.1) is 11.8 Å². The number of carboxylic acid groups (broad SMARTS) is 1. The zero-order valence-electron chi connectivity index (χ0n) is 15.8. The van der Waals surface area contributed by atoms with Gasteiger partial charge in [0.15, 0.2) is 0 Å². The molecule has 2 fully saturated rings. The van der Waals surface area contributed by atoms with E-state index < -0.39 is 16.8 Å². The van der Waals surface area contributed by atoms with Gasteiger partial charge in [0, 0.05) is 28.7 Å². The fourth-order valence-corrected chi connectivity index (χ4v) is 5.68. The van der Waals surface area contributed by atoms with Gasteiger partial charge in [0.25, 0.3) is 0 Å². The van der Waals surface area contributed by atoms with E-state index in [2.05, 4.69) is 12.2 Å². The first-order valence-corrected chi connectivity index (χ1v) is 11.5. The Bertz CT molecular complexity index is 658. The van der Waals surface area contributed by atoms with E-state index in [4.69, 9.17) is 9.84 Å². The van der Waals surface area contributed by atoms with Crippen molar-refractivity contribution in [3.8, 4) is 0 Å². The average Bonchev–Trinajstić information content (AvgIpc) is 3.25. The number of carbonyl (C=O) groups is 1. The van der Waals surface area contributed by atoms with Crippen LogP contribution < -0.4 is 0 Å². The third-order valence-electron chi connectivity index (χ3n) is 5.78. The lowest BCUT2D eigenvalue weighted by atomic mass is 9.76. The Morgan fingerprint density at radius 1 is 1.15 bits per heavy atom. The number of hydrogen-bond acceptors (Lipinski definition) is 3. The molecule has 3 rings (SSSR count). The topological polar surface area (TPSA) is 63.6 Å². The second kappa shape index (κ2) is 10.2. The molecule has 0 aromatic heterocycles. The van der Waals surface area contributed by atoms with E-state index in [9.17, 15) is 9.00 Å². The van der Waals surface area contributed by atoms with Crippen molar-refractivity contribution in [2.45, 2.75) is 62.9 Å². The maximum Gasteiger partial charge on any atom is 0.303 e. The molecule has 0 aliphatic carbocycles. The molecule has 2 bridgehead atoms. The third-order valence-corrected chi connectivity index (χ3v) is 7.12. The maximum absolute atomic E-state index is 12.5. The zero-order chi connectivity index (χ0) is 19.1. The van der Waals surface area contributed by atoms with Gasteiger partial charge in [-0.15, -0.1) is 0 Å². The minimum Gasteiger partial charge on any atom is -0.481 e. The van der Waals surface area contributed by atoms with Crippen LogP contribution in [0.25, 0.3) is 0 Å². The highest BCUT2D eigenvalue weighted by molar-refractivity contribution is 7.84. The first-order valence-electron chi connectivity index (χ1n) is 10.0. The molecule has 4 nitrogen and oxygen atoms in total. The van der Waals surface area contributed by atoms with E-state index in [0.717, 1.165) is 43.4 Å². The van der Waals surface area contributed by atoms with Gasteiger partial charge in [0.2, 0.25) is 0 Å². The smallest absolute Gasteiger partial charge is 0.303 e. The Hall–Kier alpha value is -1.46. The summed E-state index contributed by atoms with van der Waals surface area (Å²) in [4.78, 5) is 10.5. The molecule has 0 saturated carbocycles. The highest BCUT2D eigenvalue weighted by Gasteiger charge is 2.47. The molecular formula is C22H30O4S. The number of rotatable bonds is 11. The van der Waals surface area contributed by atoms with Crippen LogP contribution >= 0.6 is 0 Å². The number of unbranched alkanes of at least 4 members (excludes halogenated alkanes) is 1. The summed E-state index contributed by atoms with van der Waals surface area (Å²) in [6.07, 6.45) is 11.0. The summed E-state index contributed by atoms with van der Waals surface area (Å²) in [7, 11) is -0.828. The van der Waals surface area contributed by atoms with Crippen molar-refractivity contribution in [3.05, 3.63) is 48.0 Å². The van der Waals surface area contributed by atoms with Crippen molar-refractivity contribution in [1.82, 2.24) is 0 Å². The quantitative estimate of drug-likeness (QED) is 0.451. The van der Waals surface area contributed by atoms with Gasteiger partial charge in [0.05, 0.1) is 12.2 Å². The van der Waals surface area contributed by atoms with Crippen LogP contribution in [0.2, 0.25) is 0 Å². The highest BCUT2D eigenvalue weighted by atomic mass is 32.2. The molecule has 0 amide bonds. The maximum atomic E-state index is 12.5. The molecule has 1 aromatic rings. The van der Waals surface area contributed by atoms with Gasteiger partial charge in [-0.2, -0.15) is 0 Å². The summed E-state index contributed by atoms with van der Waals surface area (Å²) in [5, 5.41) is 8.68. The Kier molecular flexibility index (Phi) is 7.65. The fraction of sp³-hybridized carbons (Fsp3) is 0.591. The summed E-state index contributed by atoms with van der Waals surface area (Å²) in [5.74, 6) is 1.68. The summed E-state index contributed by atoms with van der Waals surface area (Å²) in [5.41, 5.74) is 1.14. The van der Waals surface area contributed by atoms with Crippen molar-refractivity contribution in [2.24, 2.45) is 11.8 Å². The van der Waals surface area contributed by atoms with Gasteiger partial charge in [0.1, 0.15) is 0 Å². The molecule has 2 heterocycles. The van der Waals surface area contributed by atoms with Crippen LogP contribution in [0.3, 0.4) is 0 Å². The molecule has 27 heavy (non-hydrogen) atoms. The monoisotopic (exact) mass is 390 g/mol. The molecule has 2 aliphatic rings. The third kappa shape index (κ3) is 6.01. The van der Waals surface area contributed by atoms with Crippen molar-refractivity contribution in [1.29, 1.82) is 0 Å². The van der Waals surface area contributed by atoms with Crippen molar-refractivity contribution < 1.29 is 18.8 Å². The predicted molar refractivity (Wildman–Crippen MR) is 108 cm³/mol. The zero-order valence-corrected chi connectivity index (χ0v) is 16.6. The number of allylic oxidation sites excluding steroid dienone is 2. The molecule has 5 heteroatoms. The molecule has 1 unspecified atom stereocenters. The number of hydrogen-bond donors (Lipinski definition) is 1. The van der Waals surface area contributed by atoms with E-state index in [0.29, 0.717) is 36.2 Å². The fourth-order valence-electron chi connectivity index (χ4n) is 4.44. The minimum absolute atomic E-state index is 0.234. The average molecular weight is 391 g/mol. The number of ether oxygens (including phenoxy) is 1. The Morgan fingerprint density at radius 2 is 1.89 bits per heavy atom. The first kappa shape index (κ1) is 20.3. The molecule has 5 atom stereocenters. The minimum atomic E-state index is -0.828. The Labute approximate surface area is 164 Å². The normalized spacial score (nSPS) is 28.0. The molecule has 2 saturated heterocycles. The number of fused-ring (bicyclic) bond motifs is 2. The van der Waals surface area contributed by atoms with E-state index in [1.807, 2.05) is 30.3 Å². The van der Waals surface area contributed by atoms with E-state index >= 15 is 0 Å². The van der Waals surface area contributed by atoms with Gasteiger partial charge < -0.3 is 9.84 Å². The first-order chi connectivity index (χ1) is 13.1. The van der Waals surface area contributed by atoms with Crippen LogP contribution in [-0.2, 0) is 26.1 Å². The summed E-state index contributed by atoms with van der Waals surface area (Å²) < 4.78 is 18.6. The number of benzene rings is 1. The van der Waals surface area contributed by atoms with Crippen molar-refractivity contribution in [2.75, 3.05) is 5.75 Å². The highest BCUT2D eigenvalue weighted by Crippen LogP contribution is 2.46. The van der Waals surface area contributed by atoms with E-state index in [-0.39, 0.29) is 6.42 Å². The predicted octanol–water partition coefficient (Wildman–Crippen LogP) is 4.32. The lowest BCUT2D eigenvalue weighted by Gasteiger charge is -2.27. The lowest BCUT2D eigenvalue weighted by Crippen LogP contribution is -2.28. The van der Waals surface area contributed by atoms with Crippen molar-refractivity contribution >= 4 is 16.8 Å². The SMILES string of the molecule is O=C(O)CCCC=CC[C@@H]1[C@@H](CCS(=O)Cc2ccccc2)[C@@H]2CC[C@H]1O2. The molecule has 1 N–H and O–H groups in total. The van der Waals surface area contributed by atoms with Crippen LogP contribution in [0.1, 0.15) is 50.5 Å². The second-order valence-corrected chi connectivity index (χ2v) is 9.25. The van der Waals surface area contributed by atoms with Crippen LogP contribution in [0.4, 0.5) is 0 Å². The van der Waals surface area contributed by atoms with Gasteiger partial charge >= 0.3 is 5.97 Å². The van der Waals surface area contributed by atoms with Crippen LogP contribution in [0.15, 0.2) is 42.5 Å². The molecule has 2 aliphatic heterocycles. The van der Waals surface area contributed by atoms with E-state index in [1.165, 1.54) is 0 Å². The lowest BCUT2D eigenvalue weighted by molar-refractivity contribution is -0.137. The number of carboxylic acids is 1. The van der Waals surface area contributed by atoms with Gasteiger partial charge in [-0.05, 0) is 55.9 Å². The molecule has 148 valence electrons. The number of aliphatic carboxylic acids is 1. The second-order valence-electron chi connectivity index (χ2n) is 7.67. The van der Waals surface area contributed by atoms with Crippen LogP contribution in [-0.4, -0.2) is 33.2 Å². The molecule has 0 radical (unpaired) electrons. The van der Waals surface area contributed by atoms with Gasteiger partial charge in [-0.3, -0.25) is 9.00 Å². The summed E-state index contributed by atoms with van der Waals surface area (Å²) in [6.45, 7) is 0. The van der Waals surface area contributed by atoms with Crippen LogP contribution in [0.5, 0.6) is 0 Å². The van der Waals surface area contributed by atoms with Crippen molar-refractivity contribution in [3.63, 3.8) is 0 Å². The molecular weight excluding hydrogens is 360 g/mol. The Balaban J connectivity index is 1.44. The largest absolute Gasteiger partial charge is 0.481 e. The van der Waals surface area contributed by atoms with Gasteiger partial charge in [-0.25, -0.2) is 0 Å². The molecule has 1 aromatic carbocycles.